The Hall–Kier alpha value is -3.70. The molecule has 0 rings (SSSR count). The van der Waals surface area contributed by atoms with E-state index in [-0.39, 0.29) is 32.0 Å². The van der Waals surface area contributed by atoms with Crippen molar-refractivity contribution in [1.82, 2.24) is 0 Å². The van der Waals surface area contributed by atoms with E-state index in [0.29, 0.717) is 12.8 Å². The molecule has 5 heteroatoms. The van der Waals surface area contributed by atoms with Crippen LogP contribution in [0.1, 0.15) is 129 Å². The first kappa shape index (κ1) is 46.3. The summed E-state index contributed by atoms with van der Waals surface area (Å²) in [6.07, 6.45) is 58.4. The molecule has 0 aliphatic rings. The summed E-state index contributed by atoms with van der Waals surface area (Å²) in [5.41, 5.74) is 0. The first-order valence-corrected chi connectivity index (χ1v) is 19.1. The summed E-state index contributed by atoms with van der Waals surface area (Å²) < 4.78 is 10.5. The highest BCUT2D eigenvalue weighted by atomic mass is 16.6. The van der Waals surface area contributed by atoms with Crippen molar-refractivity contribution in [2.24, 2.45) is 0 Å². The van der Waals surface area contributed by atoms with Crippen LogP contribution >= 0.6 is 0 Å². The van der Waals surface area contributed by atoms with E-state index >= 15 is 0 Å². The lowest BCUT2D eigenvalue weighted by Gasteiger charge is -2.15. The molecule has 50 heavy (non-hydrogen) atoms. The van der Waals surface area contributed by atoms with E-state index in [1.807, 2.05) is 12.2 Å². The van der Waals surface area contributed by atoms with Gasteiger partial charge in [0.05, 0.1) is 6.61 Å². The van der Waals surface area contributed by atoms with Gasteiger partial charge in [0, 0.05) is 12.8 Å². The molecule has 0 fully saturated rings. The van der Waals surface area contributed by atoms with E-state index < -0.39 is 12.1 Å². The largest absolute Gasteiger partial charge is 0.462 e. The number of rotatable bonds is 32. The zero-order chi connectivity index (χ0) is 36.4. The summed E-state index contributed by atoms with van der Waals surface area (Å²) in [4.78, 5) is 24.2. The highest BCUT2D eigenvalue weighted by Gasteiger charge is 2.15. The minimum absolute atomic E-state index is 0.134. The zero-order valence-electron chi connectivity index (χ0n) is 31.3. The molecule has 0 aromatic carbocycles. The number of unbranched alkanes of at least 4 members (excludes halogenated alkanes) is 4. The van der Waals surface area contributed by atoms with E-state index in [0.717, 1.165) is 64.2 Å². The number of ether oxygens (including phenoxy) is 2. The Morgan fingerprint density at radius 2 is 0.880 bits per heavy atom. The molecule has 0 saturated carbocycles. The second kappa shape index (κ2) is 39.7. The van der Waals surface area contributed by atoms with Gasteiger partial charge in [0.25, 0.3) is 0 Å². The van der Waals surface area contributed by atoms with Crippen LogP contribution < -0.4 is 0 Å². The van der Waals surface area contributed by atoms with Crippen molar-refractivity contribution in [1.29, 1.82) is 0 Å². The van der Waals surface area contributed by atoms with Crippen LogP contribution in [0.3, 0.4) is 0 Å². The van der Waals surface area contributed by atoms with Crippen LogP contribution in [0.5, 0.6) is 0 Å². The van der Waals surface area contributed by atoms with Crippen LogP contribution in [0.15, 0.2) is 122 Å². The molecule has 0 aromatic heterocycles. The molecule has 0 heterocycles. The number of allylic oxidation sites excluding steroid dienone is 20. The maximum absolute atomic E-state index is 12.1. The number of aliphatic hydroxyl groups is 1. The Balaban J connectivity index is 3.85. The average Bonchev–Trinajstić information content (AvgIpc) is 3.12. The third kappa shape index (κ3) is 37.1. The summed E-state index contributed by atoms with van der Waals surface area (Å²) >= 11 is 0. The maximum atomic E-state index is 12.1. The van der Waals surface area contributed by atoms with Gasteiger partial charge in [-0.25, -0.2) is 0 Å². The third-order valence-electron chi connectivity index (χ3n) is 7.25. The summed E-state index contributed by atoms with van der Waals surface area (Å²) in [7, 11) is 0. The maximum Gasteiger partial charge on any atom is 0.306 e. The van der Waals surface area contributed by atoms with Crippen LogP contribution in [0.25, 0.3) is 0 Å². The first-order chi connectivity index (χ1) is 24.6. The summed E-state index contributed by atoms with van der Waals surface area (Å²) in [5, 5.41) is 9.53. The van der Waals surface area contributed by atoms with E-state index in [2.05, 4.69) is 123 Å². The molecule has 0 spiro atoms. The molecule has 278 valence electrons. The Morgan fingerprint density at radius 1 is 0.480 bits per heavy atom. The Bertz CT molecular complexity index is 1100. The minimum atomic E-state index is -0.842. The molecule has 0 amide bonds. The molecular formula is C45H68O5. The highest BCUT2D eigenvalue weighted by molar-refractivity contribution is 5.70. The summed E-state index contributed by atoms with van der Waals surface area (Å²) in [6.45, 7) is 3.85. The van der Waals surface area contributed by atoms with E-state index in [1.165, 1.54) is 25.7 Å². The van der Waals surface area contributed by atoms with E-state index in [1.54, 1.807) is 0 Å². The lowest BCUT2D eigenvalue weighted by atomic mass is 10.2. The normalized spacial score (nSPS) is 13.6. The van der Waals surface area contributed by atoms with Crippen LogP contribution in [0.2, 0.25) is 0 Å². The molecule has 0 aromatic rings. The Kier molecular flexibility index (Phi) is 36.8. The van der Waals surface area contributed by atoms with Crippen LogP contribution in [-0.4, -0.2) is 36.4 Å². The van der Waals surface area contributed by atoms with Crippen LogP contribution in [-0.2, 0) is 19.1 Å². The Morgan fingerprint density at radius 3 is 1.30 bits per heavy atom. The zero-order valence-corrected chi connectivity index (χ0v) is 31.3. The summed E-state index contributed by atoms with van der Waals surface area (Å²) in [6, 6.07) is 0. The fourth-order valence-corrected chi connectivity index (χ4v) is 4.39. The van der Waals surface area contributed by atoms with Crippen molar-refractivity contribution in [3.63, 3.8) is 0 Å². The predicted molar refractivity (Wildman–Crippen MR) is 214 cm³/mol. The molecule has 0 unspecified atom stereocenters. The molecule has 0 aliphatic carbocycles. The van der Waals surface area contributed by atoms with Crippen molar-refractivity contribution in [2.75, 3.05) is 13.2 Å². The third-order valence-corrected chi connectivity index (χ3v) is 7.25. The topological polar surface area (TPSA) is 72.8 Å². The fourth-order valence-electron chi connectivity index (χ4n) is 4.39. The standard InChI is InChI=1S/C45H68O5/c1-3-5-7-9-11-13-15-17-19-21-22-24-26-28-30-32-34-36-38-40-45(48)50-43(41-46)42-49-44(47)39-37-35-33-31-29-27-25-23-20-18-16-14-12-10-8-6-4-2/h5,7,11-14,17-20,22,24-25,27-28,30-31,33-34,36,43,46H,3-4,6,8-10,15-16,21,23,26,29,32,35,37-42H2,1-2H3/b7-5+,13-11+,14-12+,19-17+,20-18+,24-22+,27-25+,30-28+,33-31+,36-34+/t43-/m0/s1. The van der Waals surface area contributed by atoms with Gasteiger partial charge in [0.1, 0.15) is 6.61 Å². The smallest absolute Gasteiger partial charge is 0.306 e. The number of hydrogen-bond donors (Lipinski definition) is 1. The molecule has 5 nitrogen and oxygen atoms in total. The molecule has 1 atom stereocenters. The van der Waals surface area contributed by atoms with Crippen molar-refractivity contribution < 1.29 is 24.2 Å². The SMILES string of the molecule is CC/C=C/C/C=C/C/C=C/C/C=C/C/C=C/C/C=C/CCC(=O)O[C@@H](CO)COC(=O)CCC/C=C/C/C=C/C/C=C/C/C=C/CCCCC. The van der Waals surface area contributed by atoms with Gasteiger partial charge in [-0.1, -0.05) is 148 Å². The Labute approximate surface area is 305 Å². The molecule has 0 saturated heterocycles. The number of esters is 2. The number of aliphatic hydroxyl groups excluding tert-OH is 1. The second-order valence-corrected chi connectivity index (χ2v) is 11.9. The van der Waals surface area contributed by atoms with Gasteiger partial charge in [0.15, 0.2) is 6.10 Å². The molecular weight excluding hydrogens is 620 g/mol. The quantitative estimate of drug-likeness (QED) is 0.0433. The van der Waals surface area contributed by atoms with Gasteiger partial charge >= 0.3 is 11.9 Å². The monoisotopic (exact) mass is 689 g/mol. The molecule has 0 radical (unpaired) electrons. The van der Waals surface area contributed by atoms with Gasteiger partial charge in [0.2, 0.25) is 0 Å². The molecule has 1 N–H and O–H groups in total. The highest BCUT2D eigenvalue weighted by Crippen LogP contribution is 2.05. The van der Waals surface area contributed by atoms with Gasteiger partial charge in [-0.15, -0.1) is 0 Å². The minimum Gasteiger partial charge on any atom is -0.462 e. The lowest BCUT2D eigenvalue weighted by Crippen LogP contribution is -2.28. The van der Waals surface area contributed by atoms with Gasteiger partial charge in [-0.3, -0.25) is 9.59 Å². The average molecular weight is 689 g/mol. The van der Waals surface area contributed by atoms with Gasteiger partial charge in [-0.05, 0) is 89.9 Å². The van der Waals surface area contributed by atoms with Crippen molar-refractivity contribution >= 4 is 11.9 Å². The predicted octanol–water partition coefficient (Wildman–Crippen LogP) is 12.1. The molecule has 0 bridgehead atoms. The number of carbonyl (C=O) groups is 2. The summed E-state index contributed by atoms with van der Waals surface area (Å²) in [5.74, 6) is -0.770. The van der Waals surface area contributed by atoms with E-state index in [9.17, 15) is 14.7 Å². The number of carbonyl (C=O) groups excluding carboxylic acids is 2. The van der Waals surface area contributed by atoms with Crippen molar-refractivity contribution in [2.45, 2.75) is 136 Å². The van der Waals surface area contributed by atoms with Crippen LogP contribution in [0.4, 0.5) is 0 Å². The molecule has 0 aliphatic heterocycles. The lowest BCUT2D eigenvalue weighted by molar-refractivity contribution is -0.161. The van der Waals surface area contributed by atoms with Gasteiger partial charge < -0.3 is 14.6 Å². The second-order valence-electron chi connectivity index (χ2n) is 11.9. The van der Waals surface area contributed by atoms with Gasteiger partial charge in [-0.2, -0.15) is 0 Å². The first-order valence-electron chi connectivity index (χ1n) is 19.1. The van der Waals surface area contributed by atoms with Crippen LogP contribution in [0, 0.1) is 0 Å². The fraction of sp³-hybridized carbons (Fsp3) is 0.511. The van der Waals surface area contributed by atoms with Crippen molar-refractivity contribution in [3.05, 3.63) is 122 Å². The number of hydrogen-bond acceptors (Lipinski definition) is 5. The van der Waals surface area contributed by atoms with Crippen molar-refractivity contribution in [3.8, 4) is 0 Å². The van der Waals surface area contributed by atoms with E-state index in [4.69, 9.17) is 9.47 Å².